The van der Waals surface area contributed by atoms with Crippen LogP contribution in [0.4, 0.5) is 4.79 Å². The largest absolute Gasteiger partial charge is 0.446 e. The molecule has 1 aliphatic carbocycles. The lowest BCUT2D eigenvalue weighted by atomic mass is 9.82. The fourth-order valence-electron chi connectivity index (χ4n) is 3.55. The monoisotopic (exact) mass is 393 g/mol. The van der Waals surface area contributed by atoms with E-state index in [1.807, 2.05) is 18.2 Å². The molecule has 128 valence electrons. The molecule has 1 heterocycles. The van der Waals surface area contributed by atoms with Crippen LogP contribution in [0.3, 0.4) is 0 Å². The second-order valence-corrected chi connectivity index (χ2v) is 6.91. The number of hydrogen-bond acceptors (Lipinski definition) is 3. The number of aromatic nitrogens is 1. The summed E-state index contributed by atoms with van der Waals surface area (Å²) >= 11 is 3.61. The number of aromatic amines is 1. The number of nitrogens with one attached hydrogen (secondary N) is 2. The van der Waals surface area contributed by atoms with Crippen LogP contribution in [0.1, 0.15) is 47.5 Å². The third kappa shape index (κ3) is 3.26. The molecule has 6 nitrogen and oxygen atoms in total. The molecule has 3 rings (SSSR count). The average Bonchev–Trinajstić information content (AvgIpc) is 2.88. The SMILES string of the molecule is CNC(=O)c1ccc2c(C3CCCC(OC(N)=O)C3)c(Br)[nH]c2c1. The summed E-state index contributed by atoms with van der Waals surface area (Å²) in [6, 6.07) is 5.64. The van der Waals surface area contributed by atoms with Gasteiger partial charge in [-0.05, 0) is 65.2 Å². The number of carbonyl (C=O) groups is 2. The van der Waals surface area contributed by atoms with Crippen LogP contribution >= 0.6 is 15.9 Å². The van der Waals surface area contributed by atoms with Gasteiger partial charge in [0.15, 0.2) is 0 Å². The maximum atomic E-state index is 11.8. The molecule has 2 amide bonds. The zero-order chi connectivity index (χ0) is 17.3. The van der Waals surface area contributed by atoms with Gasteiger partial charge in [0, 0.05) is 23.5 Å². The van der Waals surface area contributed by atoms with E-state index in [-0.39, 0.29) is 17.9 Å². The van der Waals surface area contributed by atoms with E-state index in [2.05, 4.69) is 26.2 Å². The Labute approximate surface area is 148 Å². The molecule has 7 heteroatoms. The zero-order valence-electron chi connectivity index (χ0n) is 13.4. The third-order valence-corrected chi connectivity index (χ3v) is 5.22. The molecule has 0 bridgehead atoms. The Morgan fingerprint density at radius 3 is 2.88 bits per heavy atom. The fraction of sp³-hybridized carbons (Fsp3) is 0.412. The number of carbonyl (C=O) groups excluding carboxylic acids is 2. The fourth-order valence-corrected chi connectivity index (χ4v) is 4.30. The first-order valence-electron chi connectivity index (χ1n) is 7.99. The Hall–Kier alpha value is -2.02. The van der Waals surface area contributed by atoms with E-state index < -0.39 is 6.09 Å². The maximum Gasteiger partial charge on any atom is 0.404 e. The molecule has 0 radical (unpaired) electrons. The lowest BCUT2D eigenvalue weighted by molar-refractivity contribution is 0.0769. The quantitative estimate of drug-likeness (QED) is 0.744. The first kappa shape index (κ1) is 16.8. The number of primary amides is 1. The van der Waals surface area contributed by atoms with E-state index >= 15 is 0 Å². The predicted molar refractivity (Wildman–Crippen MR) is 95.1 cm³/mol. The Morgan fingerprint density at radius 2 is 2.17 bits per heavy atom. The molecule has 1 aliphatic rings. The van der Waals surface area contributed by atoms with Gasteiger partial charge in [0.1, 0.15) is 6.10 Å². The number of halogens is 1. The standard InChI is InChI=1S/C17H20BrN3O3/c1-20-16(22)10-5-6-12-13(8-10)21-15(18)14(12)9-3-2-4-11(7-9)24-17(19)23/h5-6,8-9,11,21H,2-4,7H2,1H3,(H2,19,23)(H,20,22). The van der Waals surface area contributed by atoms with E-state index in [0.29, 0.717) is 5.56 Å². The van der Waals surface area contributed by atoms with Gasteiger partial charge < -0.3 is 20.8 Å². The summed E-state index contributed by atoms with van der Waals surface area (Å²) in [4.78, 5) is 26.1. The van der Waals surface area contributed by atoms with Crippen molar-refractivity contribution in [3.05, 3.63) is 33.9 Å². The number of benzene rings is 1. The average molecular weight is 394 g/mol. The number of H-pyrrole nitrogens is 1. The van der Waals surface area contributed by atoms with Gasteiger partial charge in [-0.1, -0.05) is 6.07 Å². The van der Waals surface area contributed by atoms with E-state index in [0.717, 1.165) is 41.2 Å². The van der Waals surface area contributed by atoms with Crippen LogP contribution in [0.5, 0.6) is 0 Å². The van der Waals surface area contributed by atoms with Gasteiger partial charge in [-0.15, -0.1) is 0 Å². The highest BCUT2D eigenvalue weighted by atomic mass is 79.9. The Balaban J connectivity index is 1.92. The van der Waals surface area contributed by atoms with Crippen LogP contribution < -0.4 is 11.1 Å². The van der Waals surface area contributed by atoms with Crippen molar-refractivity contribution in [1.82, 2.24) is 10.3 Å². The second kappa shape index (κ2) is 6.84. The van der Waals surface area contributed by atoms with Crippen molar-refractivity contribution < 1.29 is 14.3 Å². The number of hydrogen-bond donors (Lipinski definition) is 3. The van der Waals surface area contributed by atoms with Crippen molar-refractivity contribution in [3.8, 4) is 0 Å². The minimum atomic E-state index is -0.714. The van der Waals surface area contributed by atoms with Crippen LogP contribution in [0.2, 0.25) is 0 Å². The van der Waals surface area contributed by atoms with E-state index in [1.54, 1.807) is 7.05 Å². The number of ether oxygens (including phenoxy) is 1. The second-order valence-electron chi connectivity index (χ2n) is 6.11. The first-order valence-corrected chi connectivity index (χ1v) is 8.78. The van der Waals surface area contributed by atoms with Crippen LogP contribution in [-0.2, 0) is 4.74 Å². The summed E-state index contributed by atoms with van der Waals surface area (Å²) in [7, 11) is 1.61. The number of amides is 2. The Kier molecular flexibility index (Phi) is 4.80. The van der Waals surface area contributed by atoms with Crippen LogP contribution in [0.25, 0.3) is 10.9 Å². The Bertz CT molecular complexity index is 787. The molecule has 2 aromatic rings. The van der Waals surface area contributed by atoms with Gasteiger partial charge in [0.2, 0.25) is 0 Å². The van der Waals surface area contributed by atoms with Gasteiger partial charge in [-0.3, -0.25) is 4.79 Å². The van der Waals surface area contributed by atoms with Crippen molar-refractivity contribution in [3.63, 3.8) is 0 Å². The third-order valence-electron chi connectivity index (χ3n) is 4.60. The highest BCUT2D eigenvalue weighted by molar-refractivity contribution is 9.10. The van der Waals surface area contributed by atoms with Gasteiger partial charge in [-0.2, -0.15) is 0 Å². The molecule has 0 spiro atoms. The smallest absolute Gasteiger partial charge is 0.404 e. The van der Waals surface area contributed by atoms with Crippen molar-refractivity contribution in [1.29, 1.82) is 0 Å². The summed E-state index contributed by atoms with van der Waals surface area (Å²) < 4.78 is 6.11. The number of fused-ring (bicyclic) bond motifs is 1. The first-order chi connectivity index (χ1) is 11.5. The van der Waals surface area contributed by atoms with Crippen molar-refractivity contribution in [2.75, 3.05) is 7.05 Å². The summed E-state index contributed by atoms with van der Waals surface area (Å²) in [5.41, 5.74) is 7.85. The topological polar surface area (TPSA) is 97.2 Å². The van der Waals surface area contributed by atoms with Crippen molar-refractivity contribution in [2.24, 2.45) is 5.73 Å². The summed E-state index contributed by atoms with van der Waals surface area (Å²) in [6.45, 7) is 0. The Morgan fingerprint density at radius 1 is 1.38 bits per heavy atom. The van der Waals surface area contributed by atoms with Crippen LogP contribution in [0.15, 0.2) is 22.8 Å². The summed E-state index contributed by atoms with van der Waals surface area (Å²) in [6.07, 6.45) is 2.77. The van der Waals surface area contributed by atoms with Crippen LogP contribution in [-0.4, -0.2) is 30.1 Å². The van der Waals surface area contributed by atoms with E-state index in [9.17, 15) is 9.59 Å². The normalized spacial score (nSPS) is 20.8. The summed E-state index contributed by atoms with van der Waals surface area (Å²) in [5.74, 6) is 0.161. The predicted octanol–water partition coefficient (Wildman–Crippen LogP) is 3.41. The van der Waals surface area contributed by atoms with Gasteiger partial charge >= 0.3 is 6.09 Å². The molecule has 0 aliphatic heterocycles. The molecule has 2 atom stereocenters. The van der Waals surface area contributed by atoms with Gasteiger partial charge in [-0.25, -0.2) is 4.79 Å². The van der Waals surface area contributed by atoms with Crippen molar-refractivity contribution in [2.45, 2.75) is 37.7 Å². The molecule has 1 aromatic carbocycles. The molecular formula is C17H20BrN3O3. The highest BCUT2D eigenvalue weighted by Crippen LogP contribution is 2.41. The van der Waals surface area contributed by atoms with Gasteiger partial charge in [0.05, 0.1) is 4.60 Å². The molecule has 4 N–H and O–H groups in total. The van der Waals surface area contributed by atoms with Gasteiger partial charge in [0.25, 0.3) is 5.91 Å². The lowest BCUT2D eigenvalue weighted by Crippen LogP contribution is -2.27. The molecule has 24 heavy (non-hydrogen) atoms. The van der Waals surface area contributed by atoms with E-state index in [1.165, 1.54) is 5.56 Å². The molecule has 2 unspecified atom stereocenters. The number of rotatable bonds is 3. The lowest BCUT2D eigenvalue weighted by Gasteiger charge is -2.28. The minimum Gasteiger partial charge on any atom is -0.446 e. The highest BCUT2D eigenvalue weighted by Gasteiger charge is 2.29. The molecule has 1 aromatic heterocycles. The molecule has 0 saturated heterocycles. The zero-order valence-corrected chi connectivity index (χ0v) is 15.0. The summed E-state index contributed by atoms with van der Waals surface area (Å²) in [5, 5.41) is 3.71. The molecule has 1 fully saturated rings. The minimum absolute atomic E-state index is 0.114. The van der Waals surface area contributed by atoms with E-state index in [4.69, 9.17) is 10.5 Å². The molecule has 1 saturated carbocycles. The van der Waals surface area contributed by atoms with Crippen LogP contribution in [0, 0.1) is 0 Å². The van der Waals surface area contributed by atoms with Crippen molar-refractivity contribution >= 4 is 38.8 Å². The maximum absolute atomic E-state index is 11.8. The molecular weight excluding hydrogens is 374 g/mol. The number of nitrogens with two attached hydrogens (primary N) is 1.